The average molecular weight is 499 g/mol. The normalized spacial score (nSPS) is 17.9. The molecule has 4 rings (SSSR count). The van der Waals surface area contributed by atoms with Gasteiger partial charge in [0.25, 0.3) is 11.8 Å². The number of piperidine rings is 1. The van der Waals surface area contributed by atoms with Crippen molar-refractivity contribution in [2.45, 2.75) is 37.5 Å². The molecule has 2 heterocycles. The molecular weight excluding hydrogens is 472 g/mol. The number of likely N-dealkylation sites (tertiary alicyclic amines) is 1. The van der Waals surface area contributed by atoms with Crippen molar-refractivity contribution in [1.29, 1.82) is 0 Å². The van der Waals surface area contributed by atoms with Crippen molar-refractivity contribution in [2.75, 3.05) is 25.5 Å². The second-order valence-electron chi connectivity index (χ2n) is 8.47. The zero-order chi connectivity index (χ0) is 24.1. The molecular formula is C25H27ClN4O3S. The lowest BCUT2D eigenvalue weighted by atomic mass is 10.1. The van der Waals surface area contributed by atoms with Gasteiger partial charge in [0.15, 0.2) is 5.17 Å². The van der Waals surface area contributed by atoms with Crippen LogP contribution in [-0.4, -0.2) is 58.1 Å². The predicted octanol–water partition coefficient (Wildman–Crippen LogP) is 4.42. The molecule has 9 heteroatoms. The molecule has 1 atom stereocenters. The first-order chi connectivity index (χ1) is 16.4. The zero-order valence-corrected chi connectivity index (χ0v) is 20.6. The molecule has 0 unspecified atom stereocenters. The van der Waals surface area contributed by atoms with Gasteiger partial charge in [-0.1, -0.05) is 47.6 Å². The van der Waals surface area contributed by atoms with Crippen LogP contribution in [0.5, 0.6) is 0 Å². The number of halogens is 1. The van der Waals surface area contributed by atoms with E-state index in [2.05, 4.69) is 15.2 Å². The maximum Gasteiger partial charge on any atom is 0.262 e. The van der Waals surface area contributed by atoms with Crippen molar-refractivity contribution < 1.29 is 14.4 Å². The van der Waals surface area contributed by atoms with Crippen molar-refractivity contribution in [1.82, 2.24) is 9.80 Å². The first-order valence-corrected chi connectivity index (χ1v) is 12.6. The van der Waals surface area contributed by atoms with E-state index in [1.165, 1.54) is 18.2 Å². The number of nitrogens with one attached hydrogen (secondary N) is 1. The van der Waals surface area contributed by atoms with Crippen LogP contribution in [0.4, 0.5) is 5.69 Å². The van der Waals surface area contributed by atoms with E-state index in [1.807, 2.05) is 18.2 Å². The number of nitrogens with zero attached hydrogens (tertiary/aromatic N) is 3. The van der Waals surface area contributed by atoms with Gasteiger partial charge in [-0.15, -0.1) is 0 Å². The second kappa shape index (κ2) is 11.1. The highest BCUT2D eigenvalue weighted by atomic mass is 35.5. The van der Waals surface area contributed by atoms with E-state index in [0.717, 1.165) is 36.7 Å². The van der Waals surface area contributed by atoms with Crippen LogP contribution in [0.15, 0.2) is 53.5 Å². The van der Waals surface area contributed by atoms with Crippen LogP contribution in [0.3, 0.4) is 0 Å². The molecule has 0 spiro atoms. The van der Waals surface area contributed by atoms with Crippen LogP contribution >= 0.6 is 23.4 Å². The van der Waals surface area contributed by atoms with Crippen LogP contribution in [0, 0.1) is 0 Å². The van der Waals surface area contributed by atoms with Gasteiger partial charge in [-0.2, -0.15) is 4.99 Å². The molecule has 1 saturated heterocycles. The molecule has 2 aromatic rings. The summed E-state index contributed by atoms with van der Waals surface area (Å²) in [6.45, 7) is 2.18. The summed E-state index contributed by atoms with van der Waals surface area (Å²) in [6.07, 6.45) is 3.43. The number of thioether (sulfide) groups is 1. The van der Waals surface area contributed by atoms with Gasteiger partial charge in [-0.3, -0.25) is 14.4 Å². The summed E-state index contributed by atoms with van der Waals surface area (Å²) in [7, 11) is 1.71. The quantitative estimate of drug-likeness (QED) is 0.637. The van der Waals surface area contributed by atoms with Crippen LogP contribution in [0.25, 0.3) is 0 Å². The maximum absolute atomic E-state index is 12.9. The van der Waals surface area contributed by atoms with Crippen molar-refractivity contribution in [3.63, 3.8) is 0 Å². The predicted molar refractivity (Wildman–Crippen MR) is 136 cm³/mol. The lowest BCUT2D eigenvalue weighted by Gasteiger charge is -2.27. The summed E-state index contributed by atoms with van der Waals surface area (Å²) in [5.74, 6) is -0.724. The van der Waals surface area contributed by atoms with Crippen LogP contribution in [0.2, 0.25) is 5.02 Å². The number of carbonyl (C=O) groups is 3. The van der Waals surface area contributed by atoms with E-state index in [-0.39, 0.29) is 24.1 Å². The third-order valence-corrected chi connectivity index (χ3v) is 7.41. The molecule has 2 aromatic carbocycles. The zero-order valence-electron chi connectivity index (χ0n) is 19.0. The number of hydrogen-bond donors (Lipinski definition) is 1. The van der Waals surface area contributed by atoms with Gasteiger partial charge >= 0.3 is 0 Å². The Kier molecular flexibility index (Phi) is 7.90. The highest BCUT2D eigenvalue weighted by Gasteiger charge is 2.33. The number of amides is 3. The molecule has 34 heavy (non-hydrogen) atoms. The Balaban J connectivity index is 1.33. The highest BCUT2D eigenvalue weighted by molar-refractivity contribution is 8.15. The number of rotatable bonds is 6. The summed E-state index contributed by atoms with van der Waals surface area (Å²) in [6, 6.07) is 14.2. The van der Waals surface area contributed by atoms with E-state index >= 15 is 0 Å². The van der Waals surface area contributed by atoms with Gasteiger partial charge in [0.2, 0.25) is 5.91 Å². The number of carbonyl (C=O) groups excluding carboxylic acids is 3. The van der Waals surface area contributed by atoms with E-state index in [4.69, 9.17) is 11.6 Å². The largest absolute Gasteiger partial charge is 0.351 e. The average Bonchev–Trinajstić information content (AvgIpc) is 3.20. The molecule has 1 N–H and O–H groups in total. The van der Waals surface area contributed by atoms with E-state index in [9.17, 15) is 14.4 Å². The number of anilines is 1. The van der Waals surface area contributed by atoms with E-state index in [1.54, 1.807) is 42.3 Å². The first-order valence-electron chi connectivity index (χ1n) is 11.3. The Morgan fingerprint density at radius 2 is 1.91 bits per heavy atom. The Hall–Kier alpha value is -2.84. The van der Waals surface area contributed by atoms with Gasteiger partial charge in [0, 0.05) is 49.4 Å². The lowest BCUT2D eigenvalue weighted by Crippen LogP contribution is -2.33. The van der Waals surface area contributed by atoms with Crippen LogP contribution in [0.1, 0.15) is 41.6 Å². The van der Waals surface area contributed by atoms with Crippen molar-refractivity contribution in [3.8, 4) is 0 Å². The van der Waals surface area contributed by atoms with Gasteiger partial charge in [0.05, 0.1) is 0 Å². The number of aliphatic imine (C=N–C) groups is 1. The summed E-state index contributed by atoms with van der Waals surface area (Å²) >= 11 is 7.58. The smallest absolute Gasteiger partial charge is 0.262 e. The molecule has 1 fully saturated rings. The Morgan fingerprint density at radius 1 is 1.15 bits per heavy atom. The minimum atomic E-state index is -0.511. The van der Waals surface area contributed by atoms with Crippen LogP contribution < -0.4 is 5.32 Å². The monoisotopic (exact) mass is 498 g/mol. The Labute approximate surface area is 208 Å². The van der Waals surface area contributed by atoms with E-state index in [0.29, 0.717) is 22.8 Å². The number of benzene rings is 2. The fourth-order valence-corrected chi connectivity index (χ4v) is 5.33. The molecule has 0 aliphatic carbocycles. The minimum Gasteiger partial charge on any atom is -0.351 e. The number of hydrogen-bond acceptors (Lipinski definition) is 5. The molecule has 0 radical (unpaired) electrons. The fourth-order valence-electron chi connectivity index (χ4n) is 4.01. The van der Waals surface area contributed by atoms with Gasteiger partial charge in [-0.05, 0) is 49.1 Å². The fraction of sp³-hybridized carbons (Fsp3) is 0.360. The van der Waals surface area contributed by atoms with Crippen molar-refractivity contribution in [3.05, 3.63) is 64.7 Å². The molecule has 2 aliphatic rings. The minimum absolute atomic E-state index is 0.0366. The topological polar surface area (TPSA) is 82.1 Å². The third kappa shape index (κ3) is 5.98. The lowest BCUT2D eigenvalue weighted by molar-refractivity contribution is -0.121. The van der Waals surface area contributed by atoms with Gasteiger partial charge < -0.3 is 15.1 Å². The standard InChI is InChI=1S/C25H27ClN4O3S/c1-29(16-18-8-3-4-11-20(18)26)24(33)17-9-7-10-19(14-17)27-22(31)15-21-23(32)28-25(34-21)30-12-5-2-6-13-30/h3-4,7-11,14,21H,2,5-6,12-13,15-16H2,1H3,(H,27,31)/t21-/m0/s1. The highest BCUT2D eigenvalue weighted by Crippen LogP contribution is 2.29. The molecule has 7 nitrogen and oxygen atoms in total. The van der Waals surface area contributed by atoms with Gasteiger partial charge in [0.1, 0.15) is 5.25 Å². The van der Waals surface area contributed by atoms with Crippen LogP contribution in [-0.2, 0) is 16.1 Å². The summed E-state index contributed by atoms with van der Waals surface area (Å²) in [5.41, 5.74) is 1.82. The first kappa shape index (κ1) is 24.3. The summed E-state index contributed by atoms with van der Waals surface area (Å²) < 4.78 is 0. The van der Waals surface area contributed by atoms with Crippen molar-refractivity contribution >= 4 is 51.9 Å². The summed E-state index contributed by atoms with van der Waals surface area (Å²) in [5, 5.41) is 3.64. The molecule has 2 aliphatic heterocycles. The SMILES string of the molecule is CN(Cc1ccccc1Cl)C(=O)c1cccc(NC(=O)C[C@@H]2SC(N3CCCCC3)=NC2=O)c1. The van der Waals surface area contributed by atoms with E-state index < -0.39 is 5.25 Å². The molecule has 3 amide bonds. The van der Waals surface area contributed by atoms with Crippen molar-refractivity contribution in [2.24, 2.45) is 4.99 Å². The molecule has 0 aromatic heterocycles. The molecule has 0 saturated carbocycles. The third-order valence-electron chi connectivity index (χ3n) is 5.83. The second-order valence-corrected chi connectivity index (χ2v) is 10.0. The Bertz CT molecular complexity index is 1120. The number of amidine groups is 1. The summed E-state index contributed by atoms with van der Waals surface area (Å²) in [4.78, 5) is 45.8. The molecule has 178 valence electrons. The van der Waals surface area contributed by atoms with Gasteiger partial charge in [-0.25, -0.2) is 0 Å². The Morgan fingerprint density at radius 3 is 2.68 bits per heavy atom. The maximum atomic E-state index is 12.9. The molecule has 0 bridgehead atoms.